The minimum absolute atomic E-state index is 0.0297. The van der Waals surface area contributed by atoms with E-state index in [0.717, 1.165) is 6.42 Å². The van der Waals surface area contributed by atoms with Crippen LogP contribution in [0, 0.1) is 0 Å². The first kappa shape index (κ1) is 20.1. The van der Waals surface area contributed by atoms with Crippen LogP contribution in [0.1, 0.15) is 25.3 Å². The minimum atomic E-state index is -0.0297. The van der Waals surface area contributed by atoms with Crippen LogP contribution in [0.5, 0.6) is 0 Å². The molecular weight excluding hydrogens is 354 g/mol. The van der Waals surface area contributed by atoms with E-state index in [1.54, 1.807) is 0 Å². The molecule has 0 aliphatic rings. The maximum atomic E-state index is 7.13. The summed E-state index contributed by atoms with van der Waals surface area (Å²) in [6.45, 7) is 2.26. The number of hydrogen-bond acceptors (Lipinski definition) is 1. The second kappa shape index (κ2) is 11.4. The molecule has 26 heavy (non-hydrogen) atoms. The maximum absolute atomic E-state index is 7.13. The summed E-state index contributed by atoms with van der Waals surface area (Å²) in [4.78, 5) is 4.25. The molecule has 0 saturated heterocycles. The lowest BCUT2D eigenvalue weighted by molar-refractivity contribution is 0.784. The van der Waals surface area contributed by atoms with Gasteiger partial charge in [0, 0.05) is 5.56 Å². The van der Waals surface area contributed by atoms with Gasteiger partial charge in [-0.15, -0.1) is 0 Å². The molecule has 0 radical (unpaired) electrons. The third-order valence-electron chi connectivity index (χ3n) is 3.95. The molecule has 0 bridgehead atoms. The highest BCUT2D eigenvalue weighted by Gasteiger charge is 2.30. The zero-order valence-electron chi connectivity index (χ0n) is 15.0. The first-order valence-corrected chi connectivity index (χ1v) is 10.4. The number of unbranched alkanes of at least 4 members (excludes halogenated alkanes) is 1. The van der Waals surface area contributed by atoms with Gasteiger partial charge in [-0.3, -0.25) is 0 Å². The Morgan fingerprint density at radius 2 is 1.27 bits per heavy atom. The molecule has 0 amide bonds. The molecule has 0 N–H and O–H groups in total. The van der Waals surface area contributed by atoms with Gasteiger partial charge >= 0.3 is 0 Å². The van der Waals surface area contributed by atoms with Crippen molar-refractivity contribution in [1.82, 2.24) is 0 Å². The molecule has 3 aromatic rings. The monoisotopic (exact) mass is 377 g/mol. The van der Waals surface area contributed by atoms with E-state index in [1.165, 1.54) is 38.3 Å². The van der Waals surface area contributed by atoms with Gasteiger partial charge in [0.2, 0.25) is 0 Å². The Morgan fingerprint density at radius 1 is 0.808 bits per heavy atom. The normalized spacial score (nSPS) is 9.92. The fraction of sp³-hybridized carbons (Fsp3) is 0.174. The standard InChI is InChI=1S/C22H23S.CNS/c1-2-3-12-19-13-10-11-18-22(19)23(20-14-6-4-7-15-20)21-16-8-5-9-17-21;2-1-3/h4-11,13-18H,2-3,12H2,1H3;/q+1;-1. The number of thiocarbonyl (C=S) groups is 1. The topological polar surface area (TPSA) is 22.3 Å². The van der Waals surface area contributed by atoms with Crippen LogP contribution in [-0.4, -0.2) is 5.16 Å². The van der Waals surface area contributed by atoms with Crippen LogP contribution in [0.25, 0.3) is 5.41 Å². The van der Waals surface area contributed by atoms with Gasteiger partial charge in [0.05, 0.1) is 10.9 Å². The molecule has 0 saturated carbocycles. The Hall–Kier alpha value is -2.19. The maximum Gasteiger partial charge on any atom is 0.169 e. The molecule has 0 unspecified atom stereocenters. The lowest BCUT2D eigenvalue weighted by Gasteiger charge is -2.11. The van der Waals surface area contributed by atoms with E-state index < -0.39 is 0 Å². The Kier molecular flexibility index (Phi) is 8.85. The fourth-order valence-electron chi connectivity index (χ4n) is 2.78. The lowest BCUT2D eigenvalue weighted by atomic mass is 10.1. The number of aryl methyl sites for hydroxylation is 1. The van der Waals surface area contributed by atoms with Crippen molar-refractivity contribution in [2.24, 2.45) is 0 Å². The third kappa shape index (κ3) is 5.67. The summed E-state index contributed by atoms with van der Waals surface area (Å²) in [5, 5.41) is 8.47. The second-order valence-electron chi connectivity index (χ2n) is 5.73. The Morgan fingerprint density at radius 3 is 1.77 bits per heavy atom. The Labute approximate surface area is 165 Å². The molecule has 0 aromatic heterocycles. The molecule has 132 valence electrons. The van der Waals surface area contributed by atoms with Crippen LogP contribution >= 0.6 is 12.2 Å². The smallest absolute Gasteiger partial charge is 0.169 e. The van der Waals surface area contributed by atoms with Crippen molar-refractivity contribution in [1.29, 1.82) is 0 Å². The van der Waals surface area contributed by atoms with E-state index in [-0.39, 0.29) is 10.9 Å². The number of nitrogens with zero attached hydrogens (tertiary/aromatic N) is 1. The van der Waals surface area contributed by atoms with E-state index in [0.29, 0.717) is 0 Å². The van der Waals surface area contributed by atoms with Crippen molar-refractivity contribution in [3.05, 3.63) is 95.9 Å². The van der Waals surface area contributed by atoms with Crippen LogP contribution in [0.2, 0.25) is 0 Å². The highest BCUT2D eigenvalue weighted by atomic mass is 32.2. The van der Waals surface area contributed by atoms with Gasteiger partial charge in [0.25, 0.3) is 0 Å². The van der Waals surface area contributed by atoms with Crippen LogP contribution in [0.3, 0.4) is 0 Å². The summed E-state index contributed by atoms with van der Waals surface area (Å²) in [5.41, 5.74) is 1.49. The Balaban J connectivity index is 0.000000758. The van der Waals surface area contributed by atoms with Gasteiger partial charge < -0.3 is 5.41 Å². The van der Waals surface area contributed by atoms with Crippen molar-refractivity contribution in [2.45, 2.75) is 40.9 Å². The predicted octanol–water partition coefficient (Wildman–Crippen LogP) is 6.78. The predicted molar refractivity (Wildman–Crippen MR) is 116 cm³/mol. The van der Waals surface area contributed by atoms with Crippen molar-refractivity contribution in [2.75, 3.05) is 0 Å². The van der Waals surface area contributed by atoms with E-state index >= 15 is 0 Å². The molecule has 0 fully saturated rings. The molecule has 3 aromatic carbocycles. The van der Waals surface area contributed by atoms with Crippen molar-refractivity contribution >= 4 is 28.3 Å². The Bertz CT molecular complexity index is 770. The zero-order valence-corrected chi connectivity index (χ0v) is 16.6. The van der Waals surface area contributed by atoms with Crippen LogP contribution in [0.4, 0.5) is 0 Å². The van der Waals surface area contributed by atoms with Gasteiger partial charge in [-0.1, -0.05) is 80.2 Å². The van der Waals surface area contributed by atoms with Crippen molar-refractivity contribution in [3.63, 3.8) is 0 Å². The number of benzene rings is 3. The van der Waals surface area contributed by atoms with Gasteiger partial charge in [0.1, 0.15) is 0 Å². The van der Waals surface area contributed by atoms with Gasteiger partial charge in [0.15, 0.2) is 14.7 Å². The molecular formula is C23H23NS2. The summed E-state index contributed by atoms with van der Waals surface area (Å²) in [6.07, 6.45) is 3.65. The van der Waals surface area contributed by atoms with E-state index in [9.17, 15) is 0 Å². The van der Waals surface area contributed by atoms with Crippen LogP contribution in [0.15, 0.2) is 99.6 Å². The number of isothiocyanates is 1. The summed E-state index contributed by atoms with van der Waals surface area (Å²) < 4.78 is 0. The summed E-state index contributed by atoms with van der Waals surface area (Å²) >= 11 is 3.70. The average molecular weight is 378 g/mol. The van der Waals surface area contributed by atoms with Gasteiger partial charge in [-0.25, -0.2) is 0 Å². The van der Waals surface area contributed by atoms with Gasteiger partial charge in [-0.05, 0) is 43.2 Å². The molecule has 0 atom stereocenters. The molecule has 0 aliphatic carbocycles. The molecule has 0 heterocycles. The molecule has 0 spiro atoms. The molecule has 1 nitrogen and oxygen atoms in total. The number of hydrogen-bond donors (Lipinski definition) is 0. The quantitative estimate of drug-likeness (QED) is 0.263. The van der Waals surface area contributed by atoms with Crippen molar-refractivity contribution < 1.29 is 0 Å². The summed E-state index contributed by atoms with van der Waals surface area (Å²) in [6, 6.07) is 30.8. The lowest BCUT2D eigenvalue weighted by Crippen LogP contribution is -2.07. The van der Waals surface area contributed by atoms with Crippen LogP contribution in [-0.2, 0) is 17.3 Å². The largest absolute Gasteiger partial charge is 0.753 e. The SMILES string of the molecule is CCCCc1ccccc1[S+](c1ccccc1)c1ccccc1.[N-]=C=S. The summed E-state index contributed by atoms with van der Waals surface area (Å²) in [7, 11) is -0.0297. The van der Waals surface area contributed by atoms with Crippen LogP contribution < -0.4 is 0 Å². The van der Waals surface area contributed by atoms with E-state index in [1.807, 2.05) is 0 Å². The molecule has 0 aliphatic heterocycles. The molecule has 3 heteroatoms. The highest BCUT2D eigenvalue weighted by Crippen LogP contribution is 2.33. The second-order valence-corrected chi connectivity index (χ2v) is 7.91. The summed E-state index contributed by atoms with van der Waals surface area (Å²) in [5.74, 6) is 0. The minimum Gasteiger partial charge on any atom is -0.753 e. The fourth-order valence-corrected chi connectivity index (χ4v) is 5.07. The average Bonchev–Trinajstić information content (AvgIpc) is 2.70. The molecule has 3 rings (SSSR count). The first-order chi connectivity index (χ1) is 12.8. The van der Waals surface area contributed by atoms with E-state index in [4.69, 9.17) is 5.41 Å². The number of rotatable bonds is 6. The third-order valence-corrected chi connectivity index (χ3v) is 6.28. The van der Waals surface area contributed by atoms with Crippen molar-refractivity contribution in [3.8, 4) is 0 Å². The zero-order chi connectivity index (χ0) is 18.6. The first-order valence-electron chi connectivity index (χ1n) is 8.75. The van der Waals surface area contributed by atoms with E-state index in [2.05, 4.69) is 104 Å². The van der Waals surface area contributed by atoms with Gasteiger partial charge in [-0.2, -0.15) is 5.16 Å². The highest BCUT2D eigenvalue weighted by molar-refractivity contribution is 7.97.